The second kappa shape index (κ2) is 3.80. The maximum atomic E-state index is 5.73. The van der Waals surface area contributed by atoms with Crippen molar-refractivity contribution in [3.8, 4) is 0 Å². The van der Waals surface area contributed by atoms with E-state index in [2.05, 4.69) is 22.6 Å². The molecule has 3 heteroatoms. The Kier molecular flexibility index (Phi) is 2.92. The van der Waals surface area contributed by atoms with Gasteiger partial charge in [0.15, 0.2) is 0 Å². The Labute approximate surface area is 87.1 Å². The molecule has 2 fully saturated rings. The van der Waals surface area contributed by atoms with E-state index in [4.69, 9.17) is 9.47 Å². The van der Waals surface area contributed by atoms with Crippen LogP contribution in [0.1, 0.15) is 19.3 Å². The molecule has 0 aromatic rings. The number of rotatable bonds is 1. The van der Waals surface area contributed by atoms with E-state index in [9.17, 15) is 0 Å². The number of hydrogen-bond acceptors (Lipinski definition) is 2. The summed E-state index contributed by atoms with van der Waals surface area (Å²) in [6.45, 7) is 2.85. The van der Waals surface area contributed by atoms with Crippen LogP contribution in [0, 0.1) is 5.41 Å². The summed E-state index contributed by atoms with van der Waals surface area (Å²) in [5, 5.41) is 0. The third-order valence-electron chi connectivity index (χ3n) is 3.23. The van der Waals surface area contributed by atoms with Gasteiger partial charge < -0.3 is 9.47 Å². The van der Waals surface area contributed by atoms with Gasteiger partial charge in [-0.25, -0.2) is 0 Å². The molecule has 1 unspecified atom stereocenters. The lowest BCUT2D eigenvalue weighted by atomic mass is 9.75. The number of alkyl halides is 1. The van der Waals surface area contributed by atoms with E-state index in [0.29, 0.717) is 11.5 Å². The second-order valence-electron chi connectivity index (χ2n) is 3.74. The van der Waals surface area contributed by atoms with Gasteiger partial charge in [0.1, 0.15) is 0 Å². The van der Waals surface area contributed by atoms with Gasteiger partial charge in [-0.3, -0.25) is 0 Å². The van der Waals surface area contributed by atoms with Gasteiger partial charge >= 0.3 is 0 Å². The number of ether oxygens (including phenoxy) is 2. The van der Waals surface area contributed by atoms with Gasteiger partial charge in [-0.05, 0) is 19.3 Å². The maximum absolute atomic E-state index is 5.73. The van der Waals surface area contributed by atoms with Gasteiger partial charge in [0.2, 0.25) is 0 Å². The minimum atomic E-state index is 0.486. The molecule has 70 valence electrons. The van der Waals surface area contributed by atoms with Crippen LogP contribution in [0.25, 0.3) is 0 Å². The van der Waals surface area contributed by atoms with Gasteiger partial charge in [0.05, 0.1) is 6.10 Å². The summed E-state index contributed by atoms with van der Waals surface area (Å²) >= 11 is 2.44. The maximum Gasteiger partial charge on any atom is 0.0723 e. The monoisotopic (exact) mass is 282 g/mol. The van der Waals surface area contributed by atoms with Crippen molar-refractivity contribution in [2.75, 3.05) is 24.2 Å². The standard InChI is InChI=1S/C9H15IO2/c10-7-8-9(3-6-12-8)1-4-11-5-2-9/h8H,1-7H2. The Balaban J connectivity index is 2.05. The zero-order valence-electron chi connectivity index (χ0n) is 7.22. The van der Waals surface area contributed by atoms with E-state index in [1.54, 1.807) is 0 Å². The summed E-state index contributed by atoms with van der Waals surface area (Å²) in [7, 11) is 0. The van der Waals surface area contributed by atoms with Crippen molar-refractivity contribution in [2.45, 2.75) is 25.4 Å². The van der Waals surface area contributed by atoms with E-state index in [1.807, 2.05) is 0 Å². The van der Waals surface area contributed by atoms with Crippen molar-refractivity contribution in [1.82, 2.24) is 0 Å². The fraction of sp³-hybridized carbons (Fsp3) is 1.00. The molecule has 0 N–H and O–H groups in total. The predicted octanol–water partition coefficient (Wildman–Crippen LogP) is 2.01. The SMILES string of the molecule is ICC1OCCC12CCOCC2. The molecule has 0 saturated carbocycles. The van der Waals surface area contributed by atoms with Crippen LogP contribution in [0.4, 0.5) is 0 Å². The van der Waals surface area contributed by atoms with Gasteiger partial charge in [-0.15, -0.1) is 0 Å². The van der Waals surface area contributed by atoms with E-state index in [0.717, 1.165) is 24.2 Å². The molecule has 0 bridgehead atoms. The van der Waals surface area contributed by atoms with Crippen LogP contribution in [-0.2, 0) is 9.47 Å². The summed E-state index contributed by atoms with van der Waals surface area (Å²) < 4.78 is 12.3. The lowest BCUT2D eigenvalue weighted by molar-refractivity contribution is -0.0221. The summed E-state index contributed by atoms with van der Waals surface area (Å²) in [6, 6.07) is 0. The largest absolute Gasteiger partial charge is 0.381 e. The molecule has 2 aliphatic rings. The molecule has 0 radical (unpaired) electrons. The normalized spacial score (nSPS) is 34.2. The van der Waals surface area contributed by atoms with Gasteiger partial charge in [0, 0.05) is 29.7 Å². The molecule has 2 nitrogen and oxygen atoms in total. The van der Waals surface area contributed by atoms with E-state index < -0.39 is 0 Å². The van der Waals surface area contributed by atoms with Crippen molar-refractivity contribution >= 4 is 22.6 Å². The van der Waals surface area contributed by atoms with Crippen molar-refractivity contribution in [3.63, 3.8) is 0 Å². The van der Waals surface area contributed by atoms with Gasteiger partial charge in [-0.2, -0.15) is 0 Å². The van der Waals surface area contributed by atoms with Crippen molar-refractivity contribution < 1.29 is 9.47 Å². The molecule has 12 heavy (non-hydrogen) atoms. The summed E-state index contributed by atoms with van der Waals surface area (Å²) in [5.74, 6) is 0. The molecule has 2 aliphatic heterocycles. The Morgan fingerprint density at radius 1 is 1.17 bits per heavy atom. The molecule has 2 saturated heterocycles. The van der Waals surface area contributed by atoms with E-state index in [-0.39, 0.29) is 0 Å². The Bertz CT molecular complexity index is 155. The molecule has 0 aromatic heterocycles. The fourth-order valence-corrected chi connectivity index (χ4v) is 3.49. The summed E-state index contributed by atoms with van der Waals surface area (Å²) in [5.41, 5.74) is 0.486. The smallest absolute Gasteiger partial charge is 0.0723 e. The molecule has 0 amide bonds. The van der Waals surface area contributed by atoms with Crippen LogP contribution in [0.2, 0.25) is 0 Å². The zero-order valence-corrected chi connectivity index (χ0v) is 9.38. The number of halogens is 1. The average molecular weight is 282 g/mol. The van der Waals surface area contributed by atoms with Crippen LogP contribution >= 0.6 is 22.6 Å². The topological polar surface area (TPSA) is 18.5 Å². The molecule has 1 atom stereocenters. The zero-order chi connectivity index (χ0) is 8.44. The molecular formula is C9H15IO2. The summed E-state index contributed by atoms with van der Waals surface area (Å²) in [6.07, 6.45) is 4.17. The number of hydrogen-bond donors (Lipinski definition) is 0. The molecule has 2 rings (SSSR count). The highest BCUT2D eigenvalue weighted by molar-refractivity contribution is 14.1. The van der Waals surface area contributed by atoms with Gasteiger partial charge in [-0.1, -0.05) is 22.6 Å². The minimum absolute atomic E-state index is 0.486. The first-order chi connectivity index (χ1) is 5.87. The van der Waals surface area contributed by atoms with Crippen molar-refractivity contribution in [3.05, 3.63) is 0 Å². The first kappa shape index (κ1) is 9.21. The summed E-state index contributed by atoms with van der Waals surface area (Å²) in [4.78, 5) is 0. The minimum Gasteiger partial charge on any atom is -0.381 e. The predicted molar refractivity (Wildman–Crippen MR) is 55.7 cm³/mol. The Morgan fingerprint density at radius 2 is 1.83 bits per heavy atom. The first-order valence-electron chi connectivity index (χ1n) is 4.63. The average Bonchev–Trinajstić information content (AvgIpc) is 2.49. The van der Waals surface area contributed by atoms with Crippen LogP contribution in [0.3, 0.4) is 0 Å². The Hall–Kier alpha value is 0.650. The van der Waals surface area contributed by atoms with Crippen molar-refractivity contribution in [2.24, 2.45) is 5.41 Å². The van der Waals surface area contributed by atoms with Crippen LogP contribution in [0.15, 0.2) is 0 Å². The van der Waals surface area contributed by atoms with Crippen LogP contribution < -0.4 is 0 Å². The molecular weight excluding hydrogens is 267 g/mol. The highest BCUT2D eigenvalue weighted by Crippen LogP contribution is 2.44. The lowest BCUT2D eigenvalue weighted by Gasteiger charge is -2.36. The lowest BCUT2D eigenvalue weighted by Crippen LogP contribution is -2.37. The van der Waals surface area contributed by atoms with Crippen molar-refractivity contribution in [1.29, 1.82) is 0 Å². The fourth-order valence-electron chi connectivity index (χ4n) is 2.30. The third kappa shape index (κ3) is 1.51. The second-order valence-corrected chi connectivity index (χ2v) is 4.62. The molecule has 0 aliphatic carbocycles. The molecule has 1 spiro atoms. The van der Waals surface area contributed by atoms with Crippen LogP contribution in [-0.4, -0.2) is 30.4 Å². The third-order valence-corrected chi connectivity index (χ3v) is 4.03. The highest BCUT2D eigenvalue weighted by Gasteiger charge is 2.44. The van der Waals surface area contributed by atoms with E-state index in [1.165, 1.54) is 19.3 Å². The Morgan fingerprint density at radius 3 is 2.50 bits per heavy atom. The van der Waals surface area contributed by atoms with Gasteiger partial charge in [0.25, 0.3) is 0 Å². The quantitative estimate of drug-likeness (QED) is 0.541. The molecule has 2 heterocycles. The highest BCUT2D eigenvalue weighted by atomic mass is 127. The van der Waals surface area contributed by atoms with E-state index >= 15 is 0 Å². The molecule has 0 aromatic carbocycles. The van der Waals surface area contributed by atoms with Crippen LogP contribution in [0.5, 0.6) is 0 Å². The first-order valence-corrected chi connectivity index (χ1v) is 6.15.